The monoisotopic (exact) mass is 404 g/mol. The second kappa shape index (κ2) is 9.31. The van der Waals surface area contributed by atoms with Gasteiger partial charge >= 0.3 is 0 Å². The fraction of sp³-hybridized carbons (Fsp3) is 0.636. The molecule has 1 aromatic rings. The number of carbonyl (C=O) groups is 2. The summed E-state index contributed by atoms with van der Waals surface area (Å²) in [6, 6.07) is 8.50. The van der Waals surface area contributed by atoms with Gasteiger partial charge in [-0.05, 0) is 36.0 Å². The Labute approximate surface area is 172 Å². The molecule has 2 saturated heterocycles. The lowest BCUT2D eigenvalue weighted by Crippen LogP contribution is -2.47. The van der Waals surface area contributed by atoms with Crippen molar-refractivity contribution in [1.82, 2.24) is 9.80 Å². The number of piperidine rings is 1. The average Bonchev–Trinajstić information content (AvgIpc) is 2.72. The van der Waals surface area contributed by atoms with Crippen LogP contribution in [-0.2, 0) is 19.7 Å². The molecule has 6 heteroatoms. The number of hydrogen-bond acceptors (Lipinski definition) is 4. The van der Waals surface area contributed by atoms with E-state index in [0.29, 0.717) is 45.1 Å². The Kier molecular flexibility index (Phi) is 7.05. The van der Waals surface area contributed by atoms with Crippen LogP contribution in [0.25, 0.3) is 0 Å². The zero-order valence-corrected chi connectivity index (χ0v) is 18.1. The number of amides is 2. The largest absolute Gasteiger partial charge is 0.378 e. The van der Waals surface area contributed by atoms with E-state index in [-0.39, 0.29) is 23.1 Å². The van der Waals surface area contributed by atoms with E-state index in [4.69, 9.17) is 4.74 Å². The van der Waals surface area contributed by atoms with Gasteiger partial charge in [0.1, 0.15) is 0 Å². The molecule has 0 radical (unpaired) electrons. The molecule has 0 atom stereocenters. The number of hydrogen-bond donors (Lipinski definition) is 0. The van der Waals surface area contributed by atoms with Gasteiger partial charge in [-0.15, -0.1) is 11.8 Å². The molecule has 1 aromatic carbocycles. The van der Waals surface area contributed by atoms with Crippen LogP contribution < -0.4 is 0 Å². The molecule has 0 aromatic heterocycles. The molecule has 2 aliphatic rings. The van der Waals surface area contributed by atoms with Crippen LogP contribution in [-0.4, -0.2) is 66.8 Å². The van der Waals surface area contributed by atoms with Crippen LogP contribution in [0.1, 0.15) is 39.2 Å². The van der Waals surface area contributed by atoms with E-state index in [9.17, 15) is 9.59 Å². The first-order valence-corrected chi connectivity index (χ1v) is 11.2. The summed E-state index contributed by atoms with van der Waals surface area (Å²) in [6.07, 6.45) is 1.54. The molecule has 0 bridgehead atoms. The third-order valence-electron chi connectivity index (χ3n) is 5.60. The number of benzene rings is 1. The van der Waals surface area contributed by atoms with Crippen molar-refractivity contribution in [3.05, 3.63) is 29.8 Å². The smallest absolute Gasteiger partial charge is 0.232 e. The highest BCUT2D eigenvalue weighted by atomic mass is 32.2. The number of morpholine rings is 1. The highest BCUT2D eigenvalue weighted by molar-refractivity contribution is 8.00. The zero-order chi connectivity index (χ0) is 20.1. The van der Waals surface area contributed by atoms with Crippen molar-refractivity contribution in [3.63, 3.8) is 0 Å². The second-order valence-corrected chi connectivity index (χ2v) is 9.70. The number of nitrogens with zero attached hydrogens (tertiary/aromatic N) is 2. The molecular formula is C22H32N2O3S. The fourth-order valence-corrected chi connectivity index (χ4v) is 4.51. The maximum Gasteiger partial charge on any atom is 0.232 e. The molecule has 28 heavy (non-hydrogen) atoms. The van der Waals surface area contributed by atoms with E-state index in [0.717, 1.165) is 17.7 Å². The lowest BCUT2D eigenvalue weighted by Gasteiger charge is -2.35. The average molecular weight is 405 g/mol. The molecular weight excluding hydrogens is 372 g/mol. The predicted molar refractivity (Wildman–Crippen MR) is 113 cm³/mol. The Morgan fingerprint density at radius 1 is 1.00 bits per heavy atom. The highest BCUT2D eigenvalue weighted by Crippen LogP contribution is 2.26. The lowest BCUT2D eigenvalue weighted by molar-refractivity contribution is -0.143. The topological polar surface area (TPSA) is 49.9 Å². The van der Waals surface area contributed by atoms with Crippen LogP contribution in [0.2, 0.25) is 0 Å². The number of ether oxygens (including phenoxy) is 1. The standard InChI is InChI=1S/C22H32N2O3S/c1-22(2,3)18-4-6-19(7-5-18)28-16-20(25)23-10-8-17(9-11-23)21(26)24-12-14-27-15-13-24/h4-7,17H,8-16H2,1-3H3. The van der Waals surface area contributed by atoms with Crippen LogP contribution >= 0.6 is 11.8 Å². The van der Waals surface area contributed by atoms with Gasteiger partial charge in [0.05, 0.1) is 19.0 Å². The van der Waals surface area contributed by atoms with Crippen molar-refractivity contribution in [1.29, 1.82) is 0 Å². The fourth-order valence-electron chi connectivity index (χ4n) is 3.71. The molecule has 2 aliphatic heterocycles. The van der Waals surface area contributed by atoms with Gasteiger partial charge in [0.25, 0.3) is 0 Å². The Morgan fingerprint density at radius 2 is 1.61 bits per heavy atom. The molecule has 0 unspecified atom stereocenters. The molecule has 2 amide bonds. The molecule has 0 N–H and O–H groups in total. The first kappa shape index (κ1) is 21.2. The second-order valence-electron chi connectivity index (χ2n) is 8.66. The van der Waals surface area contributed by atoms with Crippen LogP contribution in [0.3, 0.4) is 0 Å². The van der Waals surface area contributed by atoms with E-state index in [1.165, 1.54) is 5.56 Å². The molecule has 0 spiro atoms. The number of likely N-dealkylation sites (tertiary alicyclic amines) is 1. The SMILES string of the molecule is CC(C)(C)c1ccc(SCC(=O)N2CCC(C(=O)N3CCOCC3)CC2)cc1. The van der Waals surface area contributed by atoms with Crippen LogP contribution in [0.4, 0.5) is 0 Å². The Morgan fingerprint density at radius 3 is 2.18 bits per heavy atom. The van der Waals surface area contributed by atoms with Crippen LogP contribution in [0.15, 0.2) is 29.2 Å². The van der Waals surface area contributed by atoms with Gasteiger partial charge in [-0.3, -0.25) is 9.59 Å². The van der Waals surface area contributed by atoms with Gasteiger partial charge in [-0.25, -0.2) is 0 Å². The third-order valence-corrected chi connectivity index (χ3v) is 6.60. The predicted octanol–water partition coefficient (Wildman–Crippen LogP) is 3.17. The summed E-state index contributed by atoms with van der Waals surface area (Å²) in [6.45, 7) is 10.6. The van der Waals surface area contributed by atoms with Gasteiger partial charge in [-0.1, -0.05) is 32.9 Å². The minimum Gasteiger partial charge on any atom is -0.378 e. The molecule has 2 heterocycles. The molecule has 2 fully saturated rings. The van der Waals surface area contributed by atoms with Gasteiger partial charge in [0, 0.05) is 37.0 Å². The van der Waals surface area contributed by atoms with Crippen molar-refractivity contribution in [2.45, 2.75) is 43.9 Å². The van der Waals surface area contributed by atoms with E-state index in [1.54, 1.807) is 11.8 Å². The van der Waals surface area contributed by atoms with Crippen LogP contribution in [0, 0.1) is 5.92 Å². The summed E-state index contributed by atoms with van der Waals surface area (Å²) < 4.78 is 5.32. The summed E-state index contributed by atoms with van der Waals surface area (Å²) in [5.74, 6) is 0.919. The first-order chi connectivity index (χ1) is 13.3. The van der Waals surface area contributed by atoms with Gasteiger partial charge in [0.2, 0.25) is 11.8 Å². The van der Waals surface area contributed by atoms with Crippen molar-refractivity contribution in [2.24, 2.45) is 5.92 Å². The summed E-state index contributed by atoms with van der Waals surface area (Å²) in [5.41, 5.74) is 1.44. The molecule has 0 aliphatic carbocycles. The van der Waals surface area contributed by atoms with Crippen molar-refractivity contribution >= 4 is 23.6 Å². The highest BCUT2D eigenvalue weighted by Gasteiger charge is 2.30. The maximum atomic E-state index is 12.6. The molecule has 3 rings (SSSR count). The quantitative estimate of drug-likeness (QED) is 0.724. The van der Waals surface area contributed by atoms with E-state index < -0.39 is 0 Å². The summed E-state index contributed by atoms with van der Waals surface area (Å²) in [5, 5.41) is 0. The lowest BCUT2D eigenvalue weighted by atomic mass is 9.87. The van der Waals surface area contributed by atoms with Crippen molar-refractivity contribution in [2.75, 3.05) is 45.1 Å². The number of thioether (sulfide) groups is 1. The normalized spacial score (nSPS) is 19.0. The molecule has 154 valence electrons. The van der Waals surface area contributed by atoms with Gasteiger partial charge in [-0.2, -0.15) is 0 Å². The third kappa shape index (κ3) is 5.51. The Bertz CT molecular complexity index is 670. The van der Waals surface area contributed by atoms with Crippen molar-refractivity contribution < 1.29 is 14.3 Å². The van der Waals surface area contributed by atoms with E-state index in [2.05, 4.69) is 45.0 Å². The van der Waals surface area contributed by atoms with E-state index in [1.807, 2.05) is 9.80 Å². The summed E-state index contributed by atoms with van der Waals surface area (Å²) >= 11 is 1.59. The van der Waals surface area contributed by atoms with Gasteiger partial charge < -0.3 is 14.5 Å². The number of carbonyl (C=O) groups excluding carboxylic acids is 2. The zero-order valence-electron chi connectivity index (χ0n) is 17.3. The summed E-state index contributed by atoms with van der Waals surface area (Å²) in [7, 11) is 0. The Hall–Kier alpha value is -1.53. The maximum absolute atomic E-state index is 12.6. The molecule has 0 saturated carbocycles. The van der Waals surface area contributed by atoms with Crippen molar-refractivity contribution in [3.8, 4) is 0 Å². The minimum atomic E-state index is 0.0553. The minimum absolute atomic E-state index is 0.0553. The Balaban J connectivity index is 1.43. The molecule has 5 nitrogen and oxygen atoms in total. The van der Waals surface area contributed by atoms with E-state index >= 15 is 0 Å². The first-order valence-electron chi connectivity index (χ1n) is 10.2. The number of rotatable bonds is 4. The van der Waals surface area contributed by atoms with Crippen LogP contribution in [0.5, 0.6) is 0 Å². The van der Waals surface area contributed by atoms with Gasteiger partial charge in [0.15, 0.2) is 0 Å². The summed E-state index contributed by atoms with van der Waals surface area (Å²) in [4.78, 5) is 30.1.